The van der Waals surface area contributed by atoms with E-state index in [4.69, 9.17) is 16.3 Å². The third kappa shape index (κ3) is 5.08. The van der Waals surface area contributed by atoms with Gasteiger partial charge in [0.15, 0.2) is 0 Å². The van der Waals surface area contributed by atoms with Crippen LogP contribution < -0.4 is 9.64 Å². The van der Waals surface area contributed by atoms with Crippen LogP contribution in [0.3, 0.4) is 0 Å². The van der Waals surface area contributed by atoms with E-state index in [2.05, 4.69) is 28.9 Å². The lowest BCUT2D eigenvalue weighted by Gasteiger charge is -2.36. The summed E-state index contributed by atoms with van der Waals surface area (Å²) >= 11 is 5.80. The molecule has 1 unspecified atom stereocenters. The molecule has 1 aliphatic rings. The number of rotatable bonds is 7. The molecule has 1 aliphatic heterocycles. The van der Waals surface area contributed by atoms with Crippen LogP contribution in [0.1, 0.15) is 19.8 Å². The van der Waals surface area contributed by atoms with Crippen molar-refractivity contribution in [2.45, 2.75) is 19.8 Å². The highest BCUT2D eigenvalue weighted by Gasteiger charge is 2.17. The molecule has 1 heterocycles. The standard InChI is InChI=1S/C17H27ClN2O/c1-15(7-9-18)8-10-19-11-13-20(14-12-19)16-3-5-17(21-2)6-4-16/h3-6,15H,7-14H2,1-2H3. The molecule has 0 N–H and O–H groups in total. The van der Waals surface area contributed by atoms with E-state index in [0.717, 1.165) is 50.1 Å². The first-order valence-electron chi connectivity index (χ1n) is 7.90. The van der Waals surface area contributed by atoms with Gasteiger partial charge in [0.05, 0.1) is 7.11 Å². The van der Waals surface area contributed by atoms with Crippen LogP contribution in [0.2, 0.25) is 0 Å². The summed E-state index contributed by atoms with van der Waals surface area (Å²) in [4.78, 5) is 5.03. The predicted octanol–water partition coefficient (Wildman–Crippen LogP) is 3.47. The molecular weight excluding hydrogens is 284 g/mol. The maximum absolute atomic E-state index is 5.80. The van der Waals surface area contributed by atoms with Crippen LogP contribution in [-0.2, 0) is 0 Å². The van der Waals surface area contributed by atoms with E-state index >= 15 is 0 Å². The van der Waals surface area contributed by atoms with E-state index < -0.39 is 0 Å². The summed E-state index contributed by atoms with van der Waals surface area (Å²) < 4.78 is 5.21. The Morgan fingerprint density at radius 1 is 1.10 bits per heavy atom. The molecule has 1 aromatic carbocycles. The fourth-order valence-corrected chi connectivity index (χ4v) is 3.13. The highest BCUT2D eigenvalue weighted by molar-refractivity contribution is 6.17. The molecule has 118 valence electrons. The van der Waals surface area contributed by atoms with Gasteiger partial charge in [-0.1, -0.05) is 6.92 Å². The summed E-state index contributed by atoms with van der Waals surface area (Å²) in [6.07, 6.45) is 2.39. The molecule has 1 aromatic rings. The Morgan fingerprint density at radius 2 is 1.76 bits per heavy atom. The van der Waals surface area contributed by atoms with Crippen molar-refractivity contribution < 1.29 is 4.74 Å². The van der Waals surface area contributed by atoms with Crippen molar-refractivity contribution in [1.29, 1.82) is 0 Å². The number of alkyl halides is 1. The van der Waals surface area contributed by atoms with Crippen molar-refractivity contribution in [3.63, 3.8) is 0 Å². The summed E-state index contributed by atoms with van der Waals surface area (Å²) in [6.45, 7) is 8.02. The maximum Gasteiger partial charge on any atom is 0.119 e. The summed E-state index contributed by atoms with van der Waals surface area (Å²) in [5.74, 6) is 2.44. The Hall–Kier alpha value is -0.930. The number of hydrogen-bond acceptors (Lipinski definition) is 3. The van der Waals surface area contributed by atoms with Crippen LogP contribution in [0, 0.1) is 5.92 Å². The van der Waals surface area contributed by atoms with Crippen molar-refractivity contribution in [2.24, 2.45) is 5.92 Å². The molecule has 0 saturated carbocycles. The van der Waals surface area contributed by atoms with E-state index in [0.29, 0.717) is 0 Å². The average molecular weight is 311 g/mol. The van der Waals surface area contributed by atoms with Gasteiger partial charge in [0.25, 0.3) is 0 Å². The van der Waals surface area contributed by atoms with Crippen LogP contribution in [0.4, 0.5) is 5.69 Å². The predicted molar refractivity (Wildman–Crippen MR) is 90.8 cm³/mol. The van der Waals surface area contributed by atoms with Crippen LogP contribution in [0.5, 0.6) is 5.75 Å². The van der Waals surface area contributed by atoms with E-state index in [1.165, 1.54) is 18.7 Å². The van der Waals surface area contributed by atoms with Gasteiger partial charge >= 0.3 is 0 Å². The van der Waals surface area contributed by atoms with E-state index in [1.807, 2.05) is 12.1 Å². The Bertz CT molecular complexity index is 402. The molecule has 3 nitrogen and oxygen atoms in total. The maximum atomic E-state index is 5.80. The van der Waals surface area contributed by atoms with Crippen molar-refractivity contribution in [3.05, 3.63) is 24.3 Å². The average Bonchev–Trinajstić information content (AvgIpc) is 2.54. The molecule has 21 heavy (non-hydrogen) atoms. The second-order valence-electron chi connectivity index (χ2n) is 5.90. The quantitative estimate of drug-likeness (QED) is 0.717. The zero-order valence-corrected chi connectivity index (χ0v) is 14.0. The molecule has 2 rings (SSSR count). The fourth-order valence-electron chi connectivity index (χ4n) is 2.76. The molecule has 0 aliphatic carbocycles. The summed E-state index contributed by atoms with van der Waals surface area (Å²) in [7, 11) is 1.71. The van der Waals surface area contributed by atoms with Gasteiger partial charge in [0.2, 0.25) is 0 Å². The minimum Gasteiger partial charge on any atom is -0.497 e. The normalized spacial score (nSPS) is 17.8. The van der Waals surface area contributed by atoms with Gasteiger partial charge in [-0.3, -0.25) is 4.90 Å². The van der Waals surface area contributed by atoms with Gasteiger partial charge in [-0.05, 0) is 49.6 Å². The third-order valence-electron chi connectivity index (χ3n) is 4.35. The number of methoxy groups -OCH3 is 1. The number of piperazine rings is 1. The lowest BCUT2D eigenvalue weighted by atomic mass is 10.0. The highest BCUT2D eigenvalue weighted by atomic mass is 35.5. The molecule has 0 aromatic heterocycles. The van der Waals surface area contributed by atoms with Gasteiger partial charge in [-0.25, -0.2) is 0 Å². The van der Waals surface area contributed by atoms with E-state index in [9.17, 15) is 0 Å². The molecule has 1 saturated heterocycles. The molecule has 0 spiro atoms. The summed E-state index contributed by atoms with van der Waals surface area (Å²) in [5.41, 5.74) is 1.30. The molecule has 1 fully saturated rings. The number of halogens is 1. The zero-order valence-electron chi connectivity index (χ0n) is 13.2. The summed E-state index contributed by atoms with van der Waals surface area (Å²) in [5, 5.41) is 0. The molecule has 0 bridgehead atoms. The number of hydrogen-bond donors (Lipinski definition) is 0. The smallest absolute Gasteiger partial charge is 0.119 e. The van der Waals surface area contributed by atoms with Crippen LogP contribution in [0.15, 0.2) is 24.3 Å². The fraction of sp³-hybridized carbons (Fsp3) is 0.647. The van der Waals surface area contributed by atoms with Crippen LogP contribution in [0.25, 0.3) is 0 Å². The second-order valence-corrected chi connectivity index (χ2v) is 6.28. The minimum absolute atomic E-state index is 0.738. The molecule has 0 radical (unpaired) electrons. The van der Waals surface area contributed by atoms with Gasteiger partial charge < -0.3 is 9.64 Å². The largest absolute Gasteiger partial charge is 0.497 e. The van der Waals surface area contributed by atoms with Gasteiger partial charge in [0.1, 0.15) is 5.75 Å². The number of benzene rings is 1. The molecule has 4 heteroatoms. The minimum atomic E-state index is 0.738. The van der Waals surface area contributed by atoms with E-state index in [-0.39, 0.29) is 0 Å². The van der Waals surface area contributed by atoms with Crippen LogP contribution in [-0.4, -0.2) is 50.6 Å². The monoisotopic (exact) mass is 310 g/mol. The number of ether oxygens (including phenoxy) is 1. The van der Waals surface area contributed by atoms with Gasteiger partial charge in [0, 0.05) is 37.7 Å². The molecular formula is C17H27ClN2O. The van der Waals surface area contributed by atoms with Gasteiger partial charge in [-0.2, -0.15) is 0 Å². The first-order valence-corrected chi connectivity index (χ1v) is 8.43. The second kappa shape index (κ2) is 8.50. The zero-order chi connectivity index (χ0) is 15.1. The Labute approximate surface area is 133 Å². The Balaban J connectivity index is 1.74. The Kier molecular flexibility index (Phi) is 6.65. The van der Waals surface area contributed by atoms with Crippen molar-refractivity contribution in [2.75, 3.05) is 50.6 Å². The van der Waals surface area contributed by atoms with Crippen molar-refractivity contribution in [3.8, 4) is 5.75 Å². The number of anilines is 1. The molecule has 0 amide bonds. The molecule has 1 atom stereocenters. The first-order chi connectivity index (χ1) is 10.2. The SMILES string of the molecule is COc1ccc(N2CCN(CCC(C)CCCl)CC2)cc1. The lowest BCUT2D eigenvalue weighted by molar-refractivity contribution is 0.240. The van der Waals surface area contributed by atoms with Gasteiger partial charge in [-0.15, -0.1) is 11.6 Å². The first kappa shape index (κ1) is 16.4. The summed E-state index contributed by atoms with van der Waals surface area (Å²) in [6, 6.07) is 8.37. The Morgan fingerprint density at radius 3 is 2.33 bits per heavy atom. The highest BCUT2D eigenvalue weighted by Crippen LogP contribution is 2.20. The number of nitrogens with zero attached hydrogens (tertiary/aromatic N) is 2. The van der Waals surface area contributed by atoms with Crippen molar-refractivity contribution >= 4 is 17.3 Å². The topological polar surface area (TPSA) is 15.7 Å². The third-order valence-corrected chi connectivity index (χ3v) is 4.57. The van der Waals surface area contributed by atoms with E-state index in [1.54, 1.807) is 7.11 Å². The van der Waals surface area contributed by atoms with Crippen molar-refractivity contribution in [1.82, 2.24) is 4.90 Å². The lowest BCUT2D eigenvalue weighted by Crippen LogP contribution is -2.46. The van der Waals surface area contributed by atoms with Crippen LogP contribution >= 0.6 is 11.6 Å².